The number of rotatable bonds is 8. The fraction of sp³-hybridized carbons (Fsp3) is 0.409. The lowest BCUT2D eigenvalue weighted by Crippen LogP contribution is -2.47. The molecule has 1 fully saturated rings. The van der Waals surface area contributed by atoms with Gasteiger partial charge in [0.2, 0.25) is 15.9 Å². The number of nitrogens with two attached hydrogens (primary N) is 1. The number of alkyl halides is 3. The molecule has 1 aliphatic rings. The normalized spacial score (nSPS) is 15.5. The Kier molecular flexibility index (Phi) is 7.98. The molecule has 7 nitrogen and oxygen atoms in total. The number of anilines is 1. The van der Waals surface area contributed by atoms with E-state index in [2.05, 4.69) is 10.2 Å². The van der Waals surface area contributed by atoms with Gasteiger partial charge in [-0.2, -0.15) is 13.2 Å². The van der Waals surface area contributed by atoms with Gasteiger partial charge in [-0.15, -0.1) is 0 Å². The second-order valence-corrected chi connectivity index (χ2v) is 9.48. The highest BCUT2D eigenvalue weighted by Gasteiger charge is 2.31. The zero-order valence-corrected chi connectivity index (χ0v) is 18.8. The van der Waals surface area contributed by atoms with Gasteiger partial charge in [-0.25, -0.2) is 13.6 Å². The quantitative estimate of drug-likeness (QED) is 0.599. The van der Waals surface area contributed by atoms with E-state index >= 15 is 0 Å². The number of nitrogens with one attached hydrogen (secondary N) is 1. The Labute approximate surface area is 191 Å². The van der Waals surface area contributed by atoms with Crippen LogP contribution in [0.4, 0.5) is 18.9 Å². The summed E-state index contributed by atoms with van der Waals surface area (Å²) in [7, 11) is -3.72. The number of piperazine rings is 1. The number of carbonyl (C=O) groups is 1. The van der Waals surface area contributed by atoms with Gasteiger partial charge < -0.3 is 10.2 Å². The Morgan fingerprint density at radius 3 is 2.30 bits per heavy atom. The van der Waals surface area contributed by atoms with Crippen molar-refractivity contribution in [1.82, 2.24) is 10.2 Å². The van der Waals surface area contributed by atoms with Crippen LogP contribution >= 0.6 is 0 Å². The second kappa shape index (κ2) is 10.5. The standard InChI is InChI=1S/C22H27F3N4O3S/c23-22(24,25)18-2-1-3-19(16-18)29-14-12-28(13-15-29)11-9-21(30)27-10-8-17-4-6-20(7-5-17)33(26,31)32/h1-7,16H,8-15H2,(H,27,30)(H2,26,31,32). The third-order valence-electron chi connectivity index (χ3n) is 5.55. The summed E-state index contributed by atoms with van der Waals surface area (Å²) >= 11 is 0. The summed E-state index contributed by atoms with van der Waals surface area (Å²) in [5, 5.41) is 7.91. The van der Waals surface area contributed by atoms with Crippen molar-refractivity contribution in [1.29, 1.82) is 0 Å². The smallest absolute Gasteiger partial charge is 0.369 e. The third-order valence-corrected chi connectivity index (χ3v) is 6.48. The van der Waals surface area contributed by atoms with E-state index in [9.17, 15) is 26.4 Å². The summed E-state index contributed by atoms with van der Waals surface area (Å²) in [5.74, 6) is -0.0866. The minimum atomic E-state index is -4.36. The van der Waals surface area contributed by atoms with Gasteiger partial charge in [-0.1, -0.05) is 18.2 Å². The minimum absolute atomic E-state index is 0.0449. The van der Waals surface area contributed by atoms with Crippen molar-refractivity contribution in [3.8, 4) is 0 Å². The summed E-state index contributed by atoms with van der Waals surface area (Å²) in [6.45, 7) is 3.52. The number of halogens is 3. The molecule has 0 bridgehead atoms. The van der Waals surface area contributed by atoms with E-state index < -0.39 is 21.8 Å². The van der Waals surface area contributed by atoms with Crippen LogP contribution in [0.15, 0.2) is 53.4 Å². The number of amides is 1. The number of hydrogen-bond acceptors (Lipinski definition) is 5. The fourth-order valence-corrected chi connectivity index (χ4v) is 4.16. The Morgan fingerprint density at radius 2 is 1.70 bits per heavy atom. The monoisotopic (exact) mass is 484 g/mol. The summed E-state index contributed by atoms with van der Waals surface area (Å²) in [4.78, 5) is 16.2. The molecule has 1 saturated heterocycles. The molecule has 0 aliphatic carbocycles. The predicted molar refractivity (Wildman–Crippen MR) is 119 cm³/mol. The van der Waals surface area contributed by atoms with Crippen LogP contribution in [0.25, 0.3) is 0 Å². The molecule has 0 radical (unpaired) electrons. The third kappa shape index (κ3) is 7.44. The maximum atomic E-state index is 12.9. The molecule has 1 heterocycles. The molecule has 11 heteroatoms. The van der Waals surface area contributed by atoms with Crippen molar-refractivity contribution in [3.05, 3.63) is 59.7 Å². The number of carbonyl (C=O) groups excluding carboxylic acids is 1. The zero-order valence-electron chi connectivity index (χ0n) is 18.0. The molecule has 0 aromatic heterocycles. The molecule has 0 saturated carbocycles. The Balaban J connectivity index is 1.36. The van der Waals surface area contributed by atoms with E-state index in [4.69, 9.17) is 5.14 Å². The first kappa shape index (κ1) is 25.0. The largest absolute Gasteiger partial charge is 0.416 e. The van der Waals surface area contributed by atoms with Gasteiger partial charge in [-0.3, -0.25) is 9.69 Å². The van der Waals surface area contributed by atoms with Crippen LogP contribution in [0.3, 0.4) is 0 Å². The summed E-state index contributed by atoms with van der Waals surface area (Å²) in [5.41, 5.74) is 0.784. The number of hydrogen-bond donors (Lipinski definition) is 2. The molecule has 2 aromatic carbocycles. The van der Waals surface area contributed by atoms with Crippen molar-refractivity contribution in [2.75, 3.05) is 44.2 Å². The summed E-state index contributed by atoms with van der Waals surface area (Å²) in [6.07, 6.45) is -3.47. The summed E-state index contributed by atoms with van der Waals surface area (Å²) in [6, 6.07) is 11.5. The van der Waals surface area contributed by atoms with Gasteiger partial charge in [0.15, 0.2) is 0 Å². The molecule has 3 N–H and O–H groups in total. The molecule has 0 spiro atoms. The highest BCUT2D eigenvalue weighted by molar-refractivity contribution is 7.89. The van der Waals surface area contributed by atoms with Crippen LogP contribution in [0, 0.1) is 0 Å². The van der Waals surface area contributed by atoms with Crippen molar-refractivity contribution in [3.63, 3.8) is 0 Å². The topological polar surface area (TPSA) is 95.7 Å². The molecule has 0 atom stereocenters. The Bertz CT molecular complexity index is 1050. The van der Waals surface area contributed by atoms with Gasteiger partial charge in [0.1, 0.15) is 0 Å². The first-order valence-corrected chi connectivity index (χ1v) is 12.1. The van der Waals surface area contributed by atoms with Gasteiger partial charge in [0, 0.05) is 51.4 Å². The lowest BCUT2D eigenvalue weighted by Gasteiger charge is -2.36. The molecular formula is C22H27F3N4O3S. The molecule has 180 valence electrons. The molecule has 3 rings (SSSR count). The van der Waals surface area contributed by atoms with Crippen LogP contribution in [0.2, 0.25) is 0 Å². The number of benzene rings is 2. The molecule has 0 unspecified atom stereocenters. The van der Waals surface area contributed by atoms with Crippen molar-refractivity contribution >= 4 is 21.6 Å². The van der Waals surface area contributed by atoms with E-state index in [0.717, 1.165) is 11.6 Å². The lowest BCUT2D eigenvalue weighted by atomic mass is 10.1. The van der Waals surface area contributed by atoms with Gasteiger partial charge in [0.05, 0.1) is 10.5 Å². The second-order valence-electron chi connectivity index (χ2n) is 7.92. The van der Waals surface area contributed by atoms with Gasteiger partial charge in [-0.05, 0) is 42.3 Å². The first-order chi connectivity index (χ1) is 15.5. The van der Waals surface area contributed by atoms with Crippen molar-refractivity contribution in [2.45, 2.75) is 23.9 Å². The SMILES string of the molecule is NS(=O)(=O)c1ccc(CCNC(=O)CCN2CCN(c3cccc(C(F)(F)F)c3)CC2)cc1. The molecule has 1 amide bonds. The van der Waals surface area contributed by atoms with Crippen LogP contribution in [-0.4, -0.2) is 58.5 Å². The van der Waals surface area contributed by atoms with Crippen LogP contribution < -0.4 is 15.4 Å². The van der Waals surface area contributed by atoms with Crippen LogP contribution in [0.5, 0.6) is 0 Å². The molecule has 33 heavy (non-hydrogen) atoms. The lowest BCUT2D eigenvalue weighted by molar-refractivity contribution is -0.137. The average Bonchev–Trinajstić information content (AvgIpc) is 2.77. The molecular weight excluding hydrogens is 457 g/mol. The zero-order chi connectivity index (χ0) is 24.1. The average molecular weight is 485 g/mol. The van der Waals surface area contributed by atoms with Crippen LogP contribution in [-0.2, 0) is 27.4 Å². The number of primary sulfonamides is 1. The van der Waals surface area contributed by atoms with Gasteiger partial charge in [0.25, 0.3) is 0 Å². The van der Waals surface area contributed by atoms with Crippen LogP contribution in [0.1, 0.15) is 17.5 Å². The minimum Gasteiger partial charge on any atom is -0.369 e. The maximum absolute atomic E-state index is 12.9. The highest BCUT2D eigenvalue weighted by atomic mass is 32.2. The van der Waals surface area contributed by atoms with Gasteiger partial charge >= 0.3 is 6.18 Å². The number of nitrogens with zero attached hydrogens (tertiary/aromatic N) is 2. The molecule has 1 aliphatic heterocycles. The predicted octanol–water partition coefficient (Wildman–Crippen LogP) is 2.22. The van der Waals surface area contributed by atoms with Crippen molar-refractivity contribution < 1.29 is 26.4 Å². The Morgan fingerprint density at radius 1 is 1.03 bits per heavy atom. The van der Waals surface area contributed by atoms with E-state index in [1.54, 1.807) is 18.2 Å². The van der Waals surface area contributed by atoms with Crippen molar-refractivity contribution in [2.24, 2.45) is 5.14 Å². The fourth-order valence-electron chi connectivity index (χ4n) is 3.65. The van der Waals surface area contributed by atoms with E-state index in [0.29, 0.717) is 57.8 Å². The molecule has 2 aromatic rings. The van der Waals surface area contributed by atoms with E-state index in [1.165, 1.54) is 24.3 Å². The number of sulfonamides is 1. The first-order valence-electron chi connectivity index (χ1n) is 10.6. The van der Waals surface area contributed by atoms with E-state index in [-0.39, 0.29) is 10.8 Å². The highest BCUT2D eigenvalue weighted by Crippen LogP contribution is 2.31. The maximum Gasteiger partial charge on any atom is 0.416 e. The Hall–Kier alpha value is -2.63. The summed E-state index contributed by atoms with van der Waals surface area (Å²) < 4.78 is 61.3. The van der Waals surface area contributed by atoms with E-state index in [1.807, 2.05) is 4.90 Å².